The van der Waals surface area contributed by atoms with Crippen molar-refractivity contribution in [2.45, 2.75) is 104 Å². The second kappa shape index (κ2) is 17.3. The summed E-state index contributed by atoms with van der Waals surface area (Å²) < 4.78 is 10.4. The van der Waals surface area contributed by atoms with Crippen LogP contribution in [0.3, 0.4) is 0 Å². The first-order valence-electron chi connectivity index (χ1n) is 10.9. The molecular formula is C21H40N2O5. The van der Waals surface area contributed by atoms with Crippen molar-refractivity contribution in [1.29, 1.82) is 0 Å². The fourth-order valence-electron chi connectivity index (χ4n) is 2.52. The molecule has 0 spiro atoms. The Labute approximate surface area is 170 Å². The fourth-order valence-corrected chi connectivity index (χ4v) is 2.52. The highest BCUT2D eigenvalue weighted by atomic mass is 16.5. The number of nitrogens with one attached hydrogen (secondary N) is 2. The topological polar surface area (TPSA) is 93.7 Å². The number of rotatable bonds is 16. The van der Waals surface area contributed by atoms with Crippen LogP contribution in [0.2, 0.25) is 0 Å². The van der Waals surface area contributed by atoms with E-state index >= 15 is 0 Å². The quantitative estimate of drug-likeness (QED) is 0.301. The van der Waals surface area contributed by atoms with Crippen LogP contribution < -0.4 is 10.6 Å². The monoisotopic (exact) mass is 400 g/mol. The molecular weight excluding hydrogens is 360 g/mol. The van der Waals surface area contributed by atoms with E-state index in [9.17, 15) is 14.4 Å². The molecule has 0 aromatic rings. The van der Waals surface area contributed by atoms with Crippen molar-refractivity contribution in [3.63, 3.8) is 0 Å². The third-order valence-corrected chi connectivity index (χ3v) is 4.38. The standard InChI is InChI=1S/C21H40N2O5/c1-5-9-13-17(23-21(26)28-16-12-8-4)19(24)22-18(14-10-6-2)20(25)27-15-11-7-3/h17-18H,5-16H2,1-4H3,(H,22,24)(H,23,26). The van der Waals surface area contributed by atoms with E-state index in [1.54, 1.807) is 0 Å². The number of amides is 2. The molecule has 2 amide bonds. The molecule has 0 aliphatic carbocycles. The number of carbonyl (C=O) groups excluding carboxylic acids is 3. The number of esters is 1. The summed E-state index contributed by atoms with van der Waals surface area (Å²) in [6, 6.07) is -1.41. The molecule has 0 saturated carbocycles. The SMILES string of the molecule is CCCCOC(=O)NC(CCCC)C(=O)NC(CCCC)C(=O)OCCCC. The van der Waals surface area contributed by atoms with Crippen LogP contribution in [0.5, 0.6) is 0 Å². The van der Waals surface area contributed by atoms with Crippen LogP contribution in [0.1, 0.15) is 91.9 Å². The summed E-state index contributed by atoms with van der Waals surface area (Å²) in [5.41, 5.74) is 0. The van der Waals surface area contributed by atoms with Gasteiger partial charge in [-0.05, 0) is 25.7 Å². The Morgan fingerprint density at radius 1 is 0.679 bits per heavy atom. The van der Waals surface area contributed by atoms with Crippen molar-refractivity contribution in [2.75, 3.05) is 13.2 Å². The van der Waals surface area contributed by atoms with Gasteiger partial charge in [0.1, 0.15) is 12.1 Å². The van der Waals surface area contributed by atoms with E-state index in [1.165, 1.54) is 0 Å². The number of unbranched alkanes of at least 4 members (excludes halogenated alkanes) is 4. The summed E-state index contributed by atoms with van der Waals surface area (Å²) in [7, 11) is 0. The normalized spacial score (nSPS) is 12.7. The van der Waals surface area contributed by atoms with Crippen molar-refractivity contribution in [3.8, 4) is 0 Å². The van der Waals surface area contributed by atoms with Crippen LogP contribution in [0, 0.1) is 0 Å². The molecule has 7 heteroatoms. The zero-order valence-electron chi connectivity index (χ0n) is 18.2. The van der Waals surface area contributed by atoms with Gasteiger partial charge in [-0.25, -0.2) is 9.59 Å². The summed E-state index contributed by atoms with van der Waals surface area (Å²) in [6.45, 7) is 8.76. The fraction of sp³-hybridized carbons (Fsp3) is 0.857. The zero-order valence-corrected chi connectivity index (χ0v) is 18.2. The van der Waals surface area contributed by atoms with Crippen molar-refractivity contribution < 1.29 is 23.9 Å². The van der Waals surface area contributed by atoms with Gasteiger partial charge in [-0.3, -0.25) is 4.79 Å². The lowest BCUT2D eigenvalue weighted by molar-refractivity contribution is -0.148. The highest BCUT2D eigenvalue weighted by Crippen LogP contribution is 2.07. The Morgan fingerprint density at radius 3 is 1.71 bits per heavy atom. The first-order valence-corrected chi connectivity index (χ1v) is 10.9. The molecule has 0 fully saturated rings. The minimum absolute atomic E-state index is 0.327. The Morgan fingerprint density at radius 2 is 1.18 bits per heavy atom. The second-order valence-electron chi connectivity index (χ2n) is 7.05. The van der Waals surface area contributed by atoms with Crippen molar-refractivity contribution in [1.82, 2.24) is 10.6 Å². The average Bonchev–Trinajstić information content (AvgIpc) is 2.68. The van der Waals surface area contributed by atoms with Gasteiger partial charge >= 0.3 is 12.1 Å². The Bertz CT molecular complexity index is 443. The zero-order chi connectivity index (χ0) is 21.2. The summed E-state index contributed by atoms with van der Waals surface area (Å²) >= 11 is 0. The summed E-state index contributed by atoms with van der Waals surface area (Å²) in [5.74, 6) is -0.774. The maximum Gasteiger partial charge on any atom is 0.407 e. The smallest absolute Gasteiger partial charge is 0.407 e. The van der Waals surface area contributed by atoms with Crippen LogP contribution in [0.15, 0.2) is 0 Å². The van der Waals surface area contributed by atoms with Gasteiger partial charge in [0.05, 0.1) is 13.2 Å². The molecule has 2 N–H and O–H groups in total. The van der Waals surface area contributed by atoms with Gasteiger partial charge in [-0.2, -0.15) is 0 Å². The number of carbonyl (C=O) groups is 3. The van der Waals surface area contributed by atoms with E-state index in [0.29, 0.717) is 26.1 Å². The maximum absolute atomic E-state index is 12.7. The molecule has 0 heterocycles. The number of hydrogen-bond acceptors (Lipinski definition) is 5. The molecule has 0 aliphatic rings. The summed E-state index contributed by atoms with van der Waals surface area (Å²) in [6.07, 6.45) is 7.25. The van der Waals surface area contributed by atoms with Gasteiger partial charge in [-0.15, -0.1) is 0 Å². The van der Waals surface area contributed by atoms with E-state index in [1.807, 2.05) is 27.7 Å². The van der Waals surface area contributed by atoms with Gasteiger partial charge in [0.25, 0.3) is 0 Å². The highest BCUT2D eigenvalue weighted by Gasteiger charge is 2.27. The predicted molar refractivity (Wildman–Crippen MR) is 110 cm³/mol. The van der Waals surface area contributed by atoms with E-state index in [0.717, 1.165) is 51.4 Å². The van der Waals surface area contributed by atoms with Crippen molar-refractivity contribution >= 4 is 18.0 Å². The molecule has 2 atom stereocenters. The van der Waals surface area contributed by atoms with Crippen molar-refractivity contribution in [3.05, 3.63) is 0 Å². The molecule has 28 heavy (non-hydrogen) atoms. The first-order chi connectivity index (χ1) is 13.5. The van der Waals surface area contributed by atoms with Gasteiger partial charge in [0.2, 0.25) is 5.91 Å². The van der Waals surface area contributed by atoms with Crippen LogP contribution in [0.4, 0.5) is 4.79 Å². The molecule has 0 bridgehead atoms. The Balaban J connectivity index is 4.86. The van der Waals surface area contributed by atoms with E-state index < -0.39 is 24.1 Å². The first kappa shape index (κ1) is 26.2. The third kappa shape index (κ3) is 12.6. The lowest BCUT2D eigenvalue weighted by Crippen LogP contribution is -2.52. The van der Waals surface area contributed by atoms with Gasteiger partial charge in [-0.1, -0.05) is 66.2 Å². The highest BCUT2D eigenvalue weighted by molar-refractivity contribution is 5.89. The number of ether oxygens (including phenoxy) is 2. The molecule has 0 rings (SSSR count). The third-order valence-electron chi connectivity index (χ3n) is 4.38. The summed E-state index contributed by atoms with van der Waals surface area (Å²) in [4.78, 5) is 37.0. The summed E-state index contributed by atoms with van der Waals surface area (Å²) in [5, 5.41) is 5.41. The molecule has 0 aliphatic heterocycles. The van der Waals surface area contributed by atoms with Crippen LogP contribution in [-0.2, 0) is 19.1 Å². The number of alkyl carbamates (subject to hydrolysis) is 1. The molecule has 7 nitrogen and oxygen atoms in total. The molecule has 0 radical (unpaired) electrons. The molecule has 2 unspecified atom stereocenters. The maximum atomic E-state index is 12.7. The van der Waals surface area contributed by atoms with Gasteiger partial charge < -0.3 is 20.1 Å². The van der Waals surface area contributed by atoms with E-state index in [-0.39, 0.29) is 5.91 Å². The minimum atomic E-state index is -0.721. The average molecular weight is 401 g/mol. The largest absolute Gasteiger partial charge is 0.464 e. The molecule has 164 valence electrons. The van der Waals surface area contributed by atoms with Crippen LogP contribution in [0.25, 0.3) is 0 Å². The minimum Gasteiger partial charge on any atom is -0.464 e. The van der Waals surface area contributed by atoms with Crippen molar-refractivity contribution in [2.24, 2.45) is 0 Å². The van der Waals surface area contributed by atoms with E-state index in [4.69, 9.17) is 9.47 Å². The van der Waals surface area contributed by atoms with Gasteiger partial charge in [0, 0.05) is 0 Å². The predicted octanol–water partition coefficient (Wildman–Crippen LogP) is 4.09. The lowest BCUT2D eigenvalue weighted by Gasteiger charge is -2.22. The molecule has 0 saturated heterocycles. The van der Waals surface area contributed by atoms with Crippen LogP contribution in [-0.4, -0.2) is 43.3 Å². The van der Waals surface area contributed by atoms with Crippen LogP contribution >= 0.6 is 0 Å². The second-order valence-corrected chi connectivity index (χ2v) is 7.05. The Hall–Kier alpha value is -1.79. The lowest BCUT2D eigenvalue weighted by atomic mass is 10.1. The Kier molecular flexibility index (Phi) is 16.2. The molecule has 0 aromatic heterocycles. The van der Waals surface area contributed by atoms with E-state index in [2.05, 4.69) is 10.6 Å². The molecule has 0 aromatic carbocycles. The number of hydrogen-bond donors (Lipinski definition) is 2. The van der Waals surface area contributed by atoms with Gasteiger partial charge in [0.15, 0.2) is 0 Å².